The Hall–Kier alpha value is -1.74. The predicted octanol–water partition coefficient (Wildman–Crippen LogP) is 1.58. The number of nitrogens with zero attached hydrogens (tertiary/aromatic N) is 1. The summed E-state index contributed by atoms with van der Waals surface area (Å²) in [7, 11) is -5.00. The van der Waals surface area contributed by atoms with E-state index in [1.165, 1.54) is 0 Å². The second-order valence-electron chi connectivity index (χ2n) is 4.36. The molecule has 1 N–H and O–H groups in total. The Morgan fingerprint density at radius 1 is 1.43 bits per heavy atom. The largest absolute Gasteiger partial charge is 0.478 e. The third-order valence-electron chi connectivity index (χ3n) is 3.05. The summed E-state index contributed by atoms with van der Waals surface area (Å²) in [6.45, 7) is -0.671. The standard InChI is InChI=1S/C11H8ClF2NO5S/c12-6-1-2-7(13)10(9(6)11(17)18)15-4-5(3-8(15)16)21(14,19)20/h1-2,5H,3-4H2,(H,17,18). The van der Waals surface area contributed by atoms with Crippen LogP contribution in [0.2, 0.25) is 5.02 Å². The molecular formula is C11H8ClF2NO5S. The van der Waals surface area contributed by atoms with Gasteiger partial charge in [-0.1, -0.05) is 11.6 Å². The lowest BCUT2D eigenvalue weighted by molar-refractivity contribution is -0.117. The average Bonchev–Trinajstić information content (AvgIpc) is 2.73. The topological polar surface area (TPSA) is 91.8 Å². The molecule has 1 amide bonds. The van der Waals surface area contributed by atoms with Crippen molar-refractivity contribution in [1.82, 2.24) is 0 Å². The zero-order valence-electron chi connectivity index (χ0n) is 10.2. The number of anilines is 1. The highest BCUT2D eigenvalue weighted by molar-refractivity contribution is 7.87. The first-order valence-corrected chi connectivity index (χ1v) is 7.40. The number of hydrogen-bond donors (Lipinski definition) is 1. The average molecular weight is 340 g/mol. The van der Waals surface area contributed by atoms with E-state index in [1.807, 2.05) is 0 Å². The van der Waals surface area contributed by atoms with Crippen LogP contribution in [0.3, 0.4) is 0 Å². The summed E-state index contributed by atoms with van der Waals surface area (Å²) in [4.78, 5) is 23.5. The fraction of sp³-hybridized carbons (Fsp3) is 0.273. The molecule has 1 saturated heterocycles. The Bertz CT molecular complexity index is 736. The van der Waals surface area contributed by atoms with E-state index in [4.69, 9.17) is 16.7 Å². The van der Waals surface area contributed by atoms with E-state index in [1.54, 1.807) is 0 Å². The van der Waals surface area contributed by atoms with Crippen LogP contribution in [0.4, 0.5) is 14.0 Å². The molecule has 1 atom stereocenters. The quantitative estimate of drug-likeness (QED) is 0.844. The minimum Gasteiger partial charge on any atom is -0.478 e. The highest BCUT2D eigenvalue weighted by atomic mass is 35.5. The predicted molar refractivity (Wildman–Crippen MR) is 69.2 cm³/mol. The first-order valence-electron chi connectivity index (χ1n) is 5.58. The minimum atomic E-state index is -5.00. The number of carbonyl (C=O) groups excluding carboxylic acids is 1. The third-order valence-corrected chi connectivity index (χ3v) is 4.48. The van der Waals surface area contributed by atoms with Crippen LogP contribution in [0.15, 0.2) is 12.1 Å². The molecule has 1 heterocycles. The van der Waals surface area contributed by atoms with E-state index in [9.17, 15) is 26.3 Å². The molecule has 0 radical (unpaired) electrons. The Labute approximate surface area is 123 Å². The molecule has 114 valence electrons. The van der Waals surface area contributed by atoms with Crippen LogP contribution >= 0.6 is 11.6 Å². The molecule has 0 saturated carbocycles. The van der Waals surface area contributed by atoms with E-state index in [0.29, 0.717) is 4.90 Å². The maximum absolute atomic E-state index is 13.9. The number of rotatable bonds is 3. The van der Waals surface area contributed by atoms with E-state index in [-0.39, 0.29) is 5.02 Å². The van der Waals surface area contributed by atoms with Gasteiger partial charge >= 0.3 is 16.2 Å². The molecule has 1 unspecified atom stereocenters. The Kier molecular flexibility index (Phi) is 3.89. The maximum atomic E-state index is 13.9. The van der Waals surface area contributed by atoms with E-state index >= 15 is 0 Å². The molecule has 21 heavy (non-hydrogen) atoms. The van der Waals surface area contributed by atoms with Crippen LogP contribution in [0.1, 0.15) is 16.8 Å². The molecule has 0 aliphatic carbocycles. The number of carboxylic acid groups (broad SMARTS) is 1. The Morgan fingerprint density at radius 2 is 2.05 bits per heavy atom. The minimum absolute atomic E-state index is 0.321. The van der Waals surface area contributed by atoms with Gasteiger partial charge in [-0.15, -0.1) is 3.89 Å². The summed E-state index contributed by atoms with van der Waals surface area (Å²) >= 11 is 5.67. The second-order valence-corrected chi connectivity index (χ2v) is 6.39. The number of hydrogen-bond acceptors (Lipinski definition) is 4. The van der Waals surface area contributed by atoms with E-state index in [0.717, 1.165) is 12.1 Å². The molecule has 1 aromatic rings. The molecule has 0 spiro atoms. The maximum Gasteiger partial charge on any atom is 0.339 e. The summed E-state index contributed by atoms with van der Waals surface area (Å²) in [5.41, 5.74) is -1.34. The molecule has 1 aromatic carbocycles. The van der Waals surface area contributed by atoms with Crippen LogP contribution in [0.5, 0.6) is 0 Å². The number of aromatic carboxylic acids is 1. The van der Waals surface area contributed by atoms with Crippen molar-refractivity contribution in [2.75, 3.05) is 11.4 Å². The van der Waals surface area contributed by atoms with Crippen LogP contribution in [0.25, 0.3) is 0 Å². The second kappa shape index (κ2) is 5.23. The summed E-state index contributed by atoms with van der Waals surface area (Å²) in [5.74, 6) is -3.55. The lowest BCUT2D eigenvalue weighted by Crippen LogP contribution is -2.29. The van der Waals surface area contributed by atoms with Crippen molar-refractivity contribution >= 4 is 39.4 Å². The van der Waals surface area contributed by atoms with Gasteiger partial charge in [-0.3, -0.25) is 4.79 Å². The van der Waals surface area contributed by atoms with Crippen molar-refractivity contribution in [3.8, 4) is 0 Å². The van der Waals surface area contributed by atoms with Crippen LogP contribution in [0, 0.1) is 5.82 Å². The van der Waals surface area contributed by atoms with Crippen molar-refractivity contribution in [1.29, 1.82) is 0 Å². The molecule has 10 heteroatoms. The molecule has 1 fully saturated rings. The number of amides is 1. The molecule has 6 nitrogen and oxygen atoms in total. The number of benzene rings is 1. The van der Waals surface area contributed by atoms with Gasteiger partial charge < -0.3 is 10.0 Å². The lowest BCUT2D eigenvalue weighted by Gasteiger charge is -2.19. The zero-order chi connectivity index (χ0) is 15.9. The molecular weight excluding hydrogens is 332 g/mol. The van der Waals surface area contributed by atoms with Crippen molar-refractivity contribution in [3.63, 3.8) is 0 Å². The Morgan fingerprint density at radius 3 is 2.52 bits per heavy atom. The molecule has 1 aliphatic heterocycles. The number of carboxylic acids is 1. The van der Waals surface area contributed by atoms with Crippen molar-refractivity contribution in [2.45, 2.75) is 11.7 Å². The van der Waals surface area contributed by atoms with Gasteiger partial charge in [0.15, 0.2) is 0 Å². The SMILES string of the molecule is O=C(O)c1c(Cl)ccc(F)c1N1CC(S(=O)(=O)F)CC1=O. The van der Waals surface area contributed by atoms with Crippen molar-refractivity contribution < 1.29 is 31.4 Å². The first-order chi connectivity index (χ1) is 9.62. The van der Waals surface area contributed by atoms with Crippen LogP contribution in [-0.4, -0.2) is 37.2 Å². The van der Waals surface area contributed by atoms with Gasteiger partial charge in [-0.25, -0.2) is 9.18 Å². The van der Waals surface area contributed by atoms with E-state index in [2.05, 4.69) is 0 Å². The summed E-state index contributed by atoms with van der Waals surface area (Å²) in [6.07, 6.45) is -0.691. The summed E-state index contributed by atoms with van der Waals surface area (Å²) < 4.78 is 48.5. The van der Waals surface area contributed by atoms with Crippen LogP contribution < -0.4 is 4.90 Å². The number of carbonyl (C=O) groups is 2. The summed E-state index contributed by atoms with van der Waals surface area (Å²) in [5, 5.41) is 7.08. The molecule has 0 bridgehead atoms. The van der Waals surface area contributed by atoms with E-state index < -0.39 is 57.4 Å². The molecule has 2 rings (SSSR count). The monoisotopic (exact) mass is 339 g/mol. The smallest absolute Gasteiger partial charge is 0.339 e. The van der Waals surface area contributed by atoms with Gasteiger partial charge in [-0.05, 0) is 12.1 Å². The van der Waals surface area contributed by atoms with Gasteiger partial charge in [0, 0.05) is 13.0 Å². The number of halogens is 3. The fourth-order valence-corrected chi connectivity index (χ4v) is 2.99. The van der Waals surface area contributed by atoms with Gasteiger partial charge in [0.25, 0.3) is 0 Å². The normalized spacial score (nSPS) is 19.1. The highest BCUT2D eigenvalue weighted by Crippen LogP contribution is 2.34. The fourth-order valence-electron chi connectivity index (χ4n) is 2.09. The lowest BCUT2D eigenvalue weighted by atomic mass is 10.1. The zero-order valence-corrected chi connectivity index (χ0v) is 11.8. The van der Waals surface area contributed by atoms with Crippen LogP contribution in [-0.2, 0) is 15.0 Å². The first kappa shape index (κ1) is 15.6. The van der Waals surface area contributed by atoms with Gasteiger partial charge in [0.1, 0.15) is 16.6 Å². The third kappa shape index (κ3) is 2.84. The van der Waals surface area contributed by atoms with Gasteiger partial charge in [0.05, 0.1) is 10.7 Å². The van der Waals surface area contributed by atoms with Crippen molar-refractivity contribution in [3.05, 3.63) is 28.5 Å². The highest BCUT2D eigenvalue weighted by Gasteiger charge is 2.41. The molecule has 1 aliphatic rings. The Balaban J connectivity index is 2.55. The molecule has 0 aromatic heterocycles. The van der Waals surface area contributed by atoms with Crippen molar-refractivity contribution in [2.24, 2.45) is 0 Å². The van der Waals surface area contributed by atoms with Gasteiger partial charge in [-0.2, -0.15) is 8.42 Å². The van der Waals surface area contributed by atoms with Gasteiger partial charge in [0.2, 0.25) is 5.91 Å². The summed E-state index contributed by atoms with van der Waals surface area (Å²) in [6, 6.07) is 1.84.